The van der Waals surface area contributed by atoms with Crippen molar-refractivity contribution in [3.8, 4) is 11.5 Å². The average molecular weight is 510 g/mol. The van der Waals surface area contributed by atoms with E-state index in [2.05, 4.69) is 63.7 Å². The van der Waals surface area contributed by atoms with Crippen molar-refractivity contribution in [2.75, 3.05) is 0 Å². The van der Waals surface area contributed by atoms with Crippen LogP contribution in [0.3, 0.4) is 0 Å². The van der Waals surface area contributed by atoms with Crippen molar-refractivity contribution in [2.24, 2.45) is 0 Å². The lowest BCUT2D eigenvalue weighted by molar-refractivity contribution is 0.229. The second-order valence-electron chi connectivity index (χ2n) is 4.25. The highest BCUT2D eigenvalue weighted by atomic mass is 79.9. The van der Waals surface area contributed by atoms with E-state index in [1.165, 1.54) is 0 Å². The first kappa shape index (κ1) is 16.8. The Bertz CT molecular complexity index is 374. The molecule has 0 aliphatic rings. The average Bonchev–Trinajstić information content (AvgIpc) is 2.27. The zero-order valence-corrected chi connectivity index (χ0v) is 16.8. The summed E-state index contributed by atoms with van der Waals surface area (Å²) in [5.41, 5.74) is 0. The first-order chi connectivity index (χ1) is 8.25. The summed E-state index contributed by atoms with van der Waals surface area (Å²) in [5, 5.41) is 0. The van der Waals surface area contributed by atoms with E-state index in [-0.39, 0.29) is 12.2 Å². The molecule has 0 amide bonds. The third-order valence-electron chi connectivity index (χ3n) is 1.89. The van der Waals surface area contributed by atoms with Gasteiger partial charge in [-0.3, -0.25) is 0 Å². The standard InChI is InChI=1S/C12H14Br4O2/c1-5(2)17-11-7(13)9(15)12(18-6(3)4)10(16)8(11)14/h5-6H,1-4H3. The van der Waals surface area contributed by atoms with Crippen LogP contribution in [0.25, 0.3) is 0 Å². The van der Waals surface area contributed by atoms with Crippen molar-refractivity contribution in [2.45, 2.75) is 39.9 Å². The van der Waals surface area contributed by atoms with Gasteiger partial charge in [-0.25, -0.2) is 0 Å². The lowest BCUT2D eigenvalue weighted by Crippen LogP contribution is -2.10. The smallest absolute Gasteiger partial charge is 0.150 e. The summed E-state index contributed by atoms with van der Waals surface area (Å²) in [5.74, 6) is 1.50. The third-order valence-corrected chi connectivity index (χ3v) is 5.98. The zero-order valence-electron chi connectivity index (χ0n) is 10.5. The molecule has 0 aromatic heterocycles. The predicted molar refractivity (Wildman–Crippen MR) is 88.8 cm³/mol. The number of hydrogen-bond acceptors (Lipinski definition) is 2. The molecule has 0 aliphatic carbocycles. The van der Waals surface area contributed by atoms with Gasteiger partial charge in [-0.2, -0.15) is 0 Å². The van der Waals surface area contributed by atoms with Gasteiger partial charge in [0, 0.05) is 0 Å². The molecule has 0 saturated heterocycles. The SMILES string of the molecule is CC(C)Oc1c(Br)c(Br)c(OC(C)C)c(Br)c1Br. The van der Waals surface area contributed by atoms with Gasteiger partial charge in [-0.15, -0.1) is 0 Å². The van der Waals surface area contributed by atoms with Crippen LogP contribution in [0.4, 0.5) is 0 Å². The van der Waals surface area contributed by atoms with Crippen LogP contribution in [0, 0.1) is 0 Å². The highest BCUT2D eigenvalue weighted by Crippen LogP contribution is 2.50. The van der Waals surface area contributed by atoms with Gasteiger partial charge in [0.25, 0.3) is 0 Å². The molecule has 0 unspecified atom stereocenters. The quantitative estimate of drug-likeness (QED) is 0.443. The number of rotatable bonds is 4. The summed E-state index contributed by atoms with van der Waals surface area (Å²) >= 11 is 14.1. The van der Waals surface area contributed by atoms with Crippen molar-refractivity contribution in [3.05, 3.63) is 17.9 Å². The Balaban J connectivity index is 3.35. The van der Waals surface area contributed by atoms with Crippen molar-refractivity contribution in [1.29, 1.82) is 0 Å². The lowest BCUT2D eigenvalue weighted by Gasteiger charge is -2.20. The molecular weight excluding hydrogens is 496 g/mol. The largest absolute Gasteiger partial charge is 0.489 e. The monoisotopic (exact) mass is 506 g/mol. The van der Waals surface area contributed by atoms with Crippen LogP contribution in [-0.2, 0) is 0 Å². The van der Waals surface area contributed by atoms with Gasteiger partial charge in [0.05, 0.1) is 30.1 Å². The van der Waals surface area contributed by atoms with E-state index in [1.807, 2.05) is 27.7 Å². The first-order valence-electron chi connectivity index (χ1n) is 5.44. The minimum atomic E-state index is 0.0910. The normalized spacial score (nSPS) is 11.2. The summed E-state index contributed by atoms with van der Waals surface area (Å²) in [6.45, 7) is 7.94. The summed E-state index contributed by atoms with van der Waals surface area (Å²) < 4.78 is 14.9. The molecular formula is C12H14Br4O2. The van der Waals surface area contributed by atoms with Crippen molar-refractivity contribution in [1.82, 2.24) is 0 Å². The maximum atomic E-state index is 5.79. The topological polar surface area (TPSA) is 18.5 Å². The first-order valence-corrected chi connectivity index (χ1v) is 8.62. The molecule has 2 nitrogen and oxygen atoms in total. The Labute approximate surface area is 141 Å². The van der Waals surface area contributed by atoms with Gasteiger partial charge in [0.2, 0.25) is 0 Å². The highest BCUT2D eigenvalue weighted by Gasteiger charge is 2.22. The van der Waals surface area contributed by atoms with Crippen LogP contribution in [0.15, 0.2) is 17.9 Å². The Morgan fingerprint density at radius 2 is 0.833 bits per heavy atom. The molecule has 0 atom stereocenters. The Morgan fingerprint density at radius 3 is 1.00 bits per heavy atom. The van der Waals surface area contributed by atoms with E-state index in [4.69, 9.17) is 9.47 Å². The molecule has 0 N–H and O–H groups in total. The number of halogens is 4. The zero-order chi connectivity index (χ0) is 14.0. The van der Waals surface area contributed by atoms with E-state index >= 15 is 0 Å². The number of hydrogen-bond donors (Lipinski definition) is 0. The molecule has 0 aliphatic heterocycles. The molecule has 1 aromatic rings. The van der Waals surface area contributed by atoms with Gasteiger partial charge in [-0.1, -0.05) is 0 Å². The van der Waals surface area contributed by atoms with Crippen LogP contribution in [-0.4, -0.2) is 12.2 Å². The Kier molecular flexibility index (Phi) is 6.49. The van der Waals surface area contributed by atoms with Crippen molar-refractivity contribution >= 4 is 63.7 Å². The molecule has 0 spiro atoms. The molecule has 0 fully saturated rings. The van der Waals surface area contributed by atoms with Gasteiger partial charge in [0.1, 0.15) is 0 Å². The van der Waals surface area contributed by atoms with E-state index < -0.39 is 0 Å². The number of ether oxygens (including phenoxy) is 2. The summed E-state index contributed by atoms with van der Waals surface area (Å²) in [4.78, 5) is 0. The van der Waals surface area contributed by atoms with Crippen molar-refractivity contribution in [3.63, 3.8) is 0 Å². The summed E-state index contributed by atoms with van der Waals surface area (Å²) in [7, 11) is 0. The molecule has 1 rings (SSSR count). The van der Waals surface area contributed by atoms with E-state index in [9.17, 15) is 0 Å². The Hall–Kier alpha value is 0.740. The van der Waals surface area contributed by atoms with Crippen LogP contribution < -0.4 is 9.47 Å². The van der Waals surface area contributed by atoms with E-state index in [0.717, 1.165) is 29.4 Å². The van der Waals surface area contributed by atoms with Gasteiger partial charge in [0.15, 0.2) is 11.5 Å². The van der Waals surface area contributed by atoms with Crippen LogP contribution >= 0.6 is 63.7 Å². The predicted octanol–water partition coefficient (Wildman–Crippen LogP) is 6.31. The molecule has 102 valence electrons. The van der Waals surface area contributed by atoms with Gasteiger partial charge in [-0.05, 0) is 91.4 Å². The summed E-state index contributed by atoms with van der Waals surface area (Å²) in [6, 6.07) is 0. The molecule has 0 radical (unpaired) electrons. The van der Waals surface area contributed by atoms with Gasteiger partial charge < -0.3 is 9.47 Å². The molecule has 0 bridgehead atoms. The van der Waals surface area contributed by atoms with Crippen LogP contribution in [0.2, 0.25) is 0 Å². The van der Waals surface area contributed by atoms with E-state index in [0.29, 0.717) is 0 Å². The molecule has 6 heteroatoms. The van der Waals surface area contributed by atoms with Crippen LogP contribution in [0.1, 0.15) is 27.7 Å². The Morgan fingerprint density at radius 1 is 0.611 bits per heavy atom. The molecule has 0 saturated carbocycles. The van der Waals surface area contributed by atoms with Crippen LogP contribution in [0.5, 0.6) is 11.5 Å². The minimum Gasteiger partial charge on any atom is -0.489 e. The fraction of sp³-hybridized carbons (Fsp3) is 0.500. The maximum absolute atomic E-state index is 5.79. The fourth-order valence-corrected chi connectivity index (χ4v) is 3.69. The summed E-state index contributed by atoms with van der Waals surface area (Å²) in [6.07, 6.45) is 0.182. The minimum absolute atomic E-state index is 0.0910. The van der Waals surface area contributed by atoms with Crippen molar-refractivity contribution < 1.29 is 9.47 Å². The maximum Gasteiger partial charge on any atom is 0.150 e. The van der Waals surface area contributed by atoms with Gasteiger partial charge >= 0.3 is 0 Å². The molecule has 1 aromatic carbocycles. The second-order valence-corrected chi connectivity index (χ2v) is 7.42. The van der Waals surface area contributed by atoms with E-state index in [1.54, 1.807) is 0 Å². The lowest BCUT2D eigenvalue weighted by atomic mass is 10.3. The number of benzene rings is 1. The molecule has 0 heterocycles. The fourth-order valence-electron chi connectivity index (χ4n) is 1.27. The second kappa shape index (κ2) is 6.95. The molecule has 18 heavy (non-hydrogen) atoms. The third kappa shape index (κ3) is 3.87. The highest BCUT2D eigenvalue weighted by molar-refractivity contribution is 9.14.